The highest BCUT2D eigenvalue weighted by molar-refractivity contribution is 5.39. The van der Waals surface area contributed by atoms with Crippen molar-refractivity contribution in [3.63, 3.8) is 0 Å². The molecular weight excluding hydrogens is 236 g/mol. The van der Waals surface area contributed by atoms with Crippen LogP contribution in [0.5, 0.6) is 0 Å². The molecule has 18 heavy (non-hydrogen) atoms. The van der Waals surface area contributed by atoms with Gasteiger partial charge in [-0.15, -0.1) is 5.10 Å². The molecule has 0 unspecified atom stereocenters. The Hall–Kier alpha value is -1.67. The van der Waals surface area contributed by atoms with E-state index in [1.807, 2.05) is 4.90 Å². The summed E-state index contributed by atoms with van der Waals surface area (Å²) >= 11 is 0. The fourth-order valence-electron chi connectivity index (χ4n) is 2.46. The first kappa shape index (κ1) is 11.4. The van der Waals surface area contributed by atoms with Gasteiger partial charge in [-0.3, -0.25) is 14.7 Å². The number of piperazine rings is 1. The molecule has 0 aliphatic carbocycles. The van der Waals surface area contributed by atoms with E-state index in [0.29, 0.717) is 11.9 Å². The number of aromatic amines is 2. The summed E-state index contributed by atoms with van der Waals surface area (Å²) in [4.78, 5) is 28.9. The molecule has 2 aliphatic heterocycles. The van der Waals surface area contributed by atoms with Crippen LogP contribution in [-0.4, -0.2) is 65.4 Å². The van der Waals surface area contributed by atoms with Gasteiger partial charge in [0.25, 0.3) is 5.56 Å². The van der Waals surface area contributed by atoms with E-state index in [0.717, 1.165) is 39.3 Å². The number of nitrogens with zero attached hydrogens (tertiary/aromatic N) is 3. The maximum Gasteiger partial charge on any atom is 0.342 e. The average Bonchev–Trinajstić information content (AvgIpc) is 2.31. The number of hydrogen-bond donors (Lipinski definition) is 3. The summed E-state index contributed by atoms with van der Waals surface area (Å²) in [5, 5.41) is 9.36. The highest BCUT2D eigenvalue weighted by Crippen LogP contribution is 2.18. The molecule has 3 N–H and O–H groups in total. The topological polar surface area (TPSA) is 97.1 Å². The number of rotatable bonds is 2. The number of nitrogens with one attached hydrogen (secondary N) is 3. The van der Waals surface area contributed by atoms with Crippen LogP contribution in [0.2, 0.25) is 0 Å². The van der Waals surface area contributed by atoms with Gasteiger partial charge in [0.05, 0.1) is 0 Å². The fraction of sp³-hybridized carbons (Fsp3) is 0.700. The molecule has 2 saturated heterocycles. The van der Waals surface area contributed by atoms with Crippen LogP contribution in [0, 0.1) is 0 Å². The van der Waals surface area contributed by atoms with E-state index in [9.17, 15) is 9.59 Å². The third-order valence-electron chi connectivity index (χ3n) is 3.52. The quantitative estimate of drug-likeness (QED) is 0.541. The van der Waals surface area contributed by atoms with Crippen LogP contribution in [0.25, 0.3) is 0 Å². The molecule has 8 heteroatoms. The minimum Gasteiger partial charge on any atom is -0.347 e. The van der Waals surface area contributed by atoms with Crippen LogP contribution in [0.15, 0.2) is 9.59 Å². The summed E-state index contributed by atoms with van der Waals surface area (Å²) in [6.07, 6.45) is 0. The van der Waals surface area contributed by atoms with Crippen molar-refractivity contribution < 1.29 is 0 Å². The van der Waals surface area contributed by atoms with Crippen LogP contribution in [0.1, 0.15) is 0 Å². The van der Waals surface area contributed by atoms with E-state index in [1.165, 1.54) is 0 Å². The van der Waals surface area contributed by atoms with Gasteiger partial charge in [-0.2, -0.15) is 0 Å². The van der Waals surface area contributed by atoms with Crippen molar-refractivity contribution in [2.24, 2.45) is 0 Å². The van der Waals surface area contributed by atoms with E-state index in [1.54, 1.807) is 0 Å². The highest BCUT2D eigenvalue weighted by atomic mass is 16.2. The largest absolute Gasteiger partial charge is 0.347 e. The summed E-state index contributed by atoms with van der Waals surface area (Å²) in [6, 6.07) is 0.486. The van der Waals surface area contributed by atoms with Crippen LogP contribution < -0.4 is 21.5 Å². The van der Waals surface area contributed by atoms with Gasteiger partial charge in [-0.25, -0.2) is 9.89 Å². The van der Waals surface area contributed by atoms with Crippen LogP contribution in [0.3, 0.4) is 0 Å². The van der Waals surface area contributed by atoms with E-state index >= 15 is 0 Å². The van der Waals surface area contributed by atoms with Gasteiger partial charge in [-0.1, -0.05) is 0 Å². The standard InChI is InChI=1S/C10H16N6O2/c17-9-8(13-14-10(18)12-9)16-5-7(6-16)15-3-1-11-2-4-15/h7,11H,1-6H2,(H2,12,14,17,18). The van der Waals surface area contributed by atoms with Crippen LogP contribution >= 0.6 is 0 Å². The van der Waals surface area contributed by atoms with Crippen molar-refractivity contribution in [1.82, 2.24) is 25.4 Å². The Morgan fingerprint density at radius 1 is 1.17 bits per heavy atom. The SMILES string of the molecule is O=c1[nH]nc(N2CC(N3CCNCC3)C2)c(=O)[nH]1. The zero-order valence-electron chi connectivity index (χ0n) is 9.98. The molecule has 98 valence electrons. The molecule has 0 atom stereocenters. The molecule has 3 heterocycles. The molecule has 0 spiro atoms. The Kier molecular flexibility index (Phi) is 2.88. The lowest BCUT2D eigenvalue weighted by atomic mass is 10.1. The number of hydrogen-bond acceptors (Lipinski definition) is 6. The Labute approximate surface area is 103 Å². The Bertz CT molecular complexity index is 526. The van der Waals surface area contributed by atoms with E-state index in [2.05, 4.69) is 25.4 Å². The summed E-state index contributed by atoms with van der Waals surface area (Å²) in [5.41, 5.74) is -0.986. The predicted octanol–water partition coefficient (Wildman–Crippen LogP) is -2.45. The molecule has 2 fully saturated rings. The average molecular weight is 252 g/mol. The zero-order valence-corrected chi connectivity index (χ0v) is 9.98. The van der Waals surface area contributed by atoms with E-state index < -0.39 is 11.2 Å². The number of H-pyrrole nitrogens is 2. The first-order valence-corrected chi connectivity index (χ1v) is 6.13. The molecule has 0 saturated carbocycles. The lowest BCUT2D eigenvalue weighted by Gasteiger charge is -2.46. The van der Waals surface area contributed by atoms with Gasteiger partial charge >= 0.3 is 5.69 Å². The maximum absolute atomic E-state index is 11.6. The van der Waals surface area contributed by atoms with Crippen molar-refractivity contribution in [3.05, 3.63) is 20.8 Å². The molecule has 1 aromatic rings. The van der Waals surface area contributed by atoms with Gasteiger partial charge in [-0.05, 0) is 0 Å². The first-order chi connectivity index (χ1) is 8.74. The molecule has 0 aromatic carbocycles. The molecule has 0 amide bonds. The van der Waals surface area contributed by atoms with Crippen LogP contribution in [0.4, 0.5) is 5.82 Å². The van der Waals surface area contributed by atoms with Crippen molar-refractivity contribution in [1.29, 1.82) is 0 Å². The second kappa shape index (κ2) is 4.54. The van der Waals surface area contributed by atoms with Gasteiger partial charge in [0, 0.05) is 45.3 Å². The second-order valence-corrected chi connectivity index (χ2v) is 4.68. The monoisotopic (exact) mass is 252 g/mol. The third kappa shape index (κ3) is 2.04. The lowest BCUT2D eigenvalue weighted by Crippen LogP contribution is -2.64. The van der Waals surface area contributed by atoms with Gasteiger partial charge in [0.15, 0.2) is 0 Å². The van der Waals surface area contributed by atoms with Gasteiger partial charge < -0.3 is 10.2 Å². The normalized spacial score (nSPS) is 21.9. The third-order valence-corrected chi connectivity index (χ3v) is 3.52. The van der Waals surface area contributed by atoms with Gasteiger partial charge in [0.2, 0.25) is 5.82 Å². The molecule has 1 aromatic heterocycles. The second-order valence-electron chi connectivity index (χ2n) is 4.68. The minimum absolute atomic E-state index is 0.306. The summed E-state index contributed by atoms with van der Waals surface area (Å²) in [5.74, 6) is 0.306. The number of anilines is 1. The van der Waals surface area contributed by atoms with Gasteiger partial charge in [0.1, 0.15) is 0 Å². The highest BCUT2D eigenvalue weighted by Gasteiger charge is 2.34. The van der Waals surface area contributed by atoms with Crippen molar-refractivity contribution in [2.45, 2.75) is 6.04 Å². The molecular formula is C10H16N6O2. The minimum atomic E-state index is -0.567. The van der Waals surface area contributed by atoms with Crippen molar-refractivity contribution >= 4 is 5.82 Å². The predicted molar refractivity (Wildman–Crippen MR) is 65.9 cm³/mol. The molecule has 0 bridgehead atoms. The molecule has 3 rings (SSSR count). The Morgan fingerprint density at radius 3 is 2.56 bits per heavy atom. The van der Waals surface area contributed by atoms with Crippen molar-refractivity contribution in [2.75, 3.05) is 44.2 Å². The molecule has 2 aliphatic rings. The zero-order chi connectivity index (χ0) is 12.5. The smallest absolute Gasteiger partial charge is 0.342 e. The molecule has 8 nitrogen and oxygen atoms in total. The fourth-order valence-corrected chi connectivity index (χ4v) is 2.46. The van der Waals surface area contributed by atoms with E-state index in [4.69, 9.17) is 0 Å². The maximum atomic E-state index is 11.6. The van der Waals surface area contributed by atoms with Crippen molar-refractivity contribution in [3.8, 4) is 0 Å². The van der Waals surface area contributed by atoms with Crippen LogP contribution in [-0.2, 0) is 0 Å². The first-order valence-electron chi connectivity index (χ1n) is 6.13. The van der Waals surface area contributed by atoms with E-state index in [-0.39, 0.29) is 0 Å². The lowest BCUT2D eigenvalue weighted by molar-refractivity contribution is 0.146. The summed E-state index contributed by atoms with van der Waals surface area (Å²) in [6.45, 7) is 5.73. The molecule has 0 radical (unpaired) electrons. The summed E-state index contributed by atoms with van der Waals surface area (Å²) < 4.78 is 0. The summed E-state index contributed by atoms with van der Waals surface area (Å²) in [7, 11) is 0. The number of aromatic nitrogens is 3. The Morgan fingerprint density at radius 2 is 1.89 bits per heavy atom. The Balaban J connectivity index is 1.64.